The van der Waals surface area contributed by atoms with Gasteiger partial charge in [0.2, 0.25) is 12.0 Å². The van der Waals surface area contributed by atoms with Gasteiger partial charge in [0.15, 0.2) is 0 Å². The molecule has 0 aromatic carbocycles. The van der Waals surface area contributed by atoms with E-state index in [9.17, 15) is 18.0 Å². The molecule has 4 heteroatoms. The molecule has 40 valence electrons. The van der Waals surface area contributed by atoms with Gasteiger partial charge >= 0.3 is 5.92 Å². The number of carbonyl (C=O) groups is 1. The smallest absolute Gasteiger partial charge is 0.289 e. The van der Waals surface area contributed by atoms with Crippen molar-refractivity contribution in [3.8, 4) is 0 Å². The second kappa shape index (κ2) is 0.827. The molecule has 1 aliphatic rings. The fourth-order valence-electron chi connectivity index (χ4n) is 0.224. The molecule has 1 aliphatic carbocycles. The average Bonchev–Trinajstić information content (AvgIpc) is 1.91. The zero-order valence-electron chi connectivity index (χ0n) is 3.12. The van der Waals surface area contributed by atoms with Crippen LogP contribution in [-0.4, -0.2) is 17.9 Å². The van der Waals surface area contributed by atoms with Gasteiger partial charge in [0, 0.05) is 0 Å². The van der Waals surface area contributed by atoms with Crippen LogP contribution in [0.4, 0.5) is 13.2 Å². The molecule has 1 fully saturated rings. The topological polar surface area (TPSA) is 17.1 Å². The first-order valence-electron chi connectivity index (χ1n) is 1.63. The van der Waals surface area contributed by atoms with E-state index in [0.717, 1.165) is 0 Å². The number of rotatable bonds is 0. The third kappa shape index (κ3) is 0.361. The Morgan fingerprint density at radius 3 is 1.71 bits per heavy atom. The quantitative estimate of drug-likeness (QED) is 0.444. The first kappa shape index (κ1) is 4.61. The van der Waals surface area contributed by atoms with E-state index in [1.807, 2.05) is 0 Å². The lowest BCUT2D eigenvalue weighted by Crippen LogP contribution is -1.92. The molecule has 0 aliphatic heterocycles. The molecule has 0 bridgehead atoms. The molecule has 1 atom stereocenters. The van der Waals surface area contributed by atoms with Gasteiger partial charge in [0.25, 0.3) is 0 Å². The fourth-order valence-corrected chi connectivity index (χ4v) is 0.224. The van der Waals surface area contributed by atoms with Crippen LogP contribution in [0.5, 0.6) is 0 Å². The van der Waals surface area contributed by atoms with Crippen LogP contribution < -0.4 is 0 Å². The minimum atomic E-state index is -3.64. The Bertz CT molecular complexity index is 119. The van der Waals surface area contributed by atoms with Crippen molar-refractivity contribution < 1.29 is 18.0 Å². The first-order valence-corrected chi connectivity index (χ1v) is 1.63. The summed E-state index contributed by atoms with van der Waals surface area (Å²) in [5.74, 6) is -5.23. The summed E-state index contributed by atoms with van der Waals surface area (Å²) in [6.45, 7) is 0. The maximum Gasteiger partial charge on any atom is 0.346 e. The van der Waals surface area contributed by atoms with Crippen LogP contribution in [0.2, 0.25) is 0 Å². The monoisotopic (exact) mass is 110 g/mol. The lowest BCUT2D eigenvalue weighted by atomic mass is 10.8. The van der Waals surface area contributed by atoms with Gasteiger partial charge in [-0.05, 0) is 0 Å². The molecule has 0 amide bonds. The van der Waals surface area contributed by atoms with E-state index >= 15 is 0 Å². The maximum absolute atomic E-state index is 11.2. The maximum atomic E-state index is 11.2. The number of hydrogen-bond acceptors (Lipinski definition) is 1. The van der Waals surface area contributed by atoms with Crippen molar-refractivity contribution >= 4 is 5.78 Å². The van der Waals surface area contributed by atoms with E-state index in [1.54, 1.807) is 0 Å². The highest BCUT2D eigenvalue weighted by Crippen LogP contribution is 2.39. The molecule has 7 heavy (non-hydrogen) atoms. The number of ketones is 1. The summed E-state index contributed by atoms with van der Waals surface area (Å²) in [6, 6.07) is 0. The highest BCUT2D eigenvalue weighted by atomic mass is 19.3. The van der Waals surface area contributed by atoms with Crippen LogP contribution in [-0.2, 0) is 4.79 Å². The summed E-state index contributed by atoms with van der Waals surface area (Å²) in [4.78, 5) is 9.41. The Morgan fingerprint density at radius 1 is 1.57 bits per heavy atom. The van der Waals surface area contributed by atoms with Gasteiger partial charge < -0.3 is 0 Å². The molecule has 0 spiro atoms. The standard InChI is InChI=1S/C3HF3O/c4-1-2(7)3(1,5)6/h1H. The largest absolute Gasteiger partial charge is 0.346 e. The van der Waals surface area contributed by atoms with E-state index in [1.165, 1.54) is 0 Å². The Kier molecular flexibility index (Phi) is 0.545. The third-order valence-electron chi connectivity index (χ3n) is 0.794. The minimum absolute atomic E-state index is 1.59. The fraction of sp³-hybridized carbons (Fsp3) is 0.667. The molecular formula is C3HF3O. The molecule has 0 radical (unpaired) electrons. The van der Waals surface area contributed by atoms with Gasteiger partial charge in [0.05, 0.1) is 0 Å². The number of halogens is 3. The van der Waals surface area contributed by atoms with Crippen molar-refractivity contribution in [1.29, 1.82) is 0 Å². The molecule has 1 unspecified atom stereocenters. The zero-order valence-corrected chi connectivity index (χ0v) is 3.12. The highest BCUT2D eigenvalue weighted by molar-refractivity contribution is 6.07. The van der Waals surface area contributed by atoms with E-state index in [2.05, 4.69) is 0 Å². The van der Waals surface area contributed by atoms with Crippen LogP contribution in [0.1, 0.15) is 0 Å². The number of carbonyl (C=O) groups excluding carboxylic acids is 1. The van der Waals surface area contributed by atoms with Crippen LogP contribution in [0.15, 0.2) is 0 Å². The Balaban J connectivity index is 2.70. The van der Waals surface area contributed by atoms with Crippen LogP contribution in [0.3, 0.4) is 0 Å². The number of alkyl halides is 3. The predicted octanol–water partition coefficient (Wildman–Crippen LogP) is 0.542. The van der Waals surface area contributed by atoms with Crippen LogP contribution >= 0.6 is 0 Å². The molecule has 1 rings (SSSR count). The molecule has 0 N–H and O–H groups in total. The molecular weight excluding hydrogens is 109 g/mol. The number of Topliss-reactive ketones (excluding diaryl/α,β-unsaturated/α-hetero) is 1. The van der Waals surface area contributed by atoms with Crippen molar-refractivity contribution in [1.82, 2.24) is 0 Å². The van der Waals surface area contributed by atoms with E-state index < -0.39 is 17.9 Å². The van der Waals surface area contributed by atoms with Gasteiger partial charge in [-0.1, -0.05) is 0 Å². The Hall–Kier alpha value is -0.540. The van der Waals surface area contributed by atoms with Gasteiger partial charge in [-0.25, -0.2) is 4.39 Å². The Labute approximate surface area is 37.1 Å². The van der Waals surface area contributed by atoms with Crippen molar-refractivity contribution in [3.63, 3.8) is 0 Å². The molecule has 0 saturated heterocycles. The Morgan fingerprint density at radius 2 is 1.71 bits per heavy atom. The summed E-state index contributed by atoms with van der Waals surface area (Å²) in [7, 11) is 0. The molecule has 0 aromatic rings. The van der Waals surface area contributed by atoms with E-state index in [-0.39, 0.29) is 0 Å². The minimum Gasteiger partial charge on any atom is -0.289 e. The summed E-state index contributed by atoms with van der Waals surface area (Å²) >= 11 is 0. The van der Waals surface area contributed by atoms with Gasteiger partial charge in [0.1, 0.15) is 0 Å². The van der Waals surface area contributed by atoms with Crippen LogP contribution in [0, 0.1) is 0 Å². The van der Waals surface area contributed by atoms with Crippen LogP contribution in [0.25, 0.3) is 0 Å². The lowest BCUT2D eigenvalue weighted by Gasteiger charge is -1.75. The van der Waals surface area contributed by atoms with Gasteiger partial charge in [-0.2, -0.15) is 8.78 Å². The van der Waals surface area contributed by atoms with E-state index in [4.69, 9.17) is 0 Å². The lowest BCUT2D eigenvalue weighted by molar-refractivity contribution is -0.117. The zero-order chi connectivity index (χ0) is 5.65. The van der Waals surface area contributed by atoms with Gasteiger partial charge in [-0.3, -0.25) is 4.79 Å². The second-order valence-corrected chi connectivity index (χ2v) is 1.35. The normalized spacial score (nSPS) is 35.9. The van der Waals surface area contributed by atoms with Crippen molar-refractivity contribution in [2.45, 2.75) is 12.1 Å². The second-order valence-electron chi connectivity index (χ2n) is 1.35. The average molecular weight is 110 g/mol. The number of hydrogen-bond donors (Lipinski definition) is 0. The molecule has 0 aromatic heterocycles. The summed E-state index contributed by atoms with van der Waals surface area (Å²) < 4.78 is 33.6. The van der Waals surface area contributed by atoms with Crippen molar-refractivity contribution in [2.75, 3.05) is 0 Å². The van der Waals surface area contributed by atoms with Crippen molar-refractivity contribution in [3.05, 3.63) is 0 Å². The van der Waals surface area contributed by atoms with E-state index in [0.29, 0.717) is 0 Å². The summed E-state index contributed by atoms with van der Waals surface area (Å²) in [5.41, 5.74) is 0. The highest BCUT2D eigenvalue weighted by Gasteiger charge is 2.70. The third-order valence-corrected chi connectivity index (χ3v) is 0.794. The predicted molar refractivity (Wildman–Crippen MR) is 14.9 cm³/mol. The van der Waals surface area contributed by atoms with Gasteiger partial charge in [-0.15, -0.1) is 0 Å². The SMILES string of the molecule is O=C1C(F)C1(F)F. The van der Waals surface area contributed by atoms with Crippen molar-refractivity contribution in [2.24, 2.45) is 0 Å². The first-order chi connectivity index (χ1) is 3.07. The summed E-state index contributed by atoms with van der Waals surface area (Å²) in [6.07, 6.45) is -2.51. The molecule has 0 heterocycles. The summed E-state index contributed by atoms with van der Waals surface area (Å²) in [5, 5.41) is 0. The molecule has 1 saturated carbocycles. The molecule has 1 nitrogen and oxygen atoms in total.